The summed E-state index contributed by atoms with van der Waals surface area (Å²) < 4.78 is 37.2. The van der Waals surface area contributed by atoms with Crippen LogP contribution in [0.3, 0.4) is 0 Å². The maximum Gasteiger partial charge on any atom is 0.342 e. The third-order valence-corrected chi connectivity index (χ3v) is 5.77. The molecule has 9 heteroatoms. The smallest absolute Gasteiger partial charge is 0.342 e. The summed E-state index contributed by atoms with van der Waals surface area (Å²) in [6, 6.07) is -0.191. The minimum Gasteiger partial charge on any atom is -0.465 e. The van der Waals surface area contributed by atoms with E-state index >= 15 is 0 Å². The van der Waals surface area contributed by atoms with E-state index in [1.165, 1.54) is 11.4 Å². The summed E-state index contributed by atoms with van der Waals surface area (Å²) in [4.78, 5) is 11.8. The number of piperazine rings is 1. The Hall–Kier alpha value is -1.09. The van der Waals surface area contributed by atoms with Crippen LogP contribution in [0.5, 0.6) is 0 Å². The van der Waals surface area contributed by atoms with Gasteiger partial charge >= 0.3 is 5.97 Å². The first kappa shape index (κ1) is 19.0. The van der Waals surface area contributed by atoms with Crippen molar-refractivity contribution in [3.05, 3.63) is 17.1 Å². The van der Waals surface area contributed by atoms with Crippen LogP contribution in [-0.2, 0) is 14.8 Å². The SMILES string of the molecule is COC(=O)c1c(C)oc(C)c1S(=O)(=O)N1CCNC[C@@H]1C.Cl. The van der Waals surface area contributed by atoms with E-state index < -0.39 is 16.0 Å². The maximum absolute atomic E-state index is 12.9. The van der Waals surface area contributed by atoms with Gasteiger partial charge in [-0.25, -0.2) is 13.2 Å². The Morgan fingerprint density at radius 3 is 2.55 bits per heavy atom. The zero-order valence-corrected chi connectivity index (χ0v) is 14.6. The van der Waals surface area contributed by atoms with Crippen molar-refractivity contribution in [2.24, 2.45) is 0 Å². The van der Waals surface area contributed by atoms with Crippen LogP contribution in [0.4, 0.5) is 0 Å². The van der Waals surface area contributed by atoms with Crippen LogP contribution in [-0.4, -0.2) is 51.5 Å². The molecule has 0 spiro atoms. The lowest BCUT2D eigenvalue weighted by Gasteiger charge is -2.32. The highest BCUT2D eigenvalue weighted by molar-refractivity contribution is 7.89. The van der Waals surface area contributed by atoms with Gasteiger partial charge in [-0.05, 0) is 20.8 Å². The first-order valence-electron chi connectivity index (χ1n) is 6.71. The lowest BCUT2D eigenvalue weighted by atomic mass is 10.2. The normalized spacial score (nSPS) is 19.5. The van der Waals surface area contributed by atoms with Crippen molar-refractivity contribution in [2.45, 2.75) is 31.7 Å². The molecule has 2 heterocycles. The number of carbonyl (C=O) groups excluding carboxylic acids is 1. The summed E-state index contributed by atoms with van der Waals surface area (Å²) in [7, 11) is -2.59. The summed E-state index contributed by atoms with van der Waals surface area (Å²) in [5.41, 5.74) is -0.0132. The van der Waals surface area contributed by atoms with Crippen molar-refractivity contribution in [1.82, 2.24) is 9.62 Å². The van der Waals surface area contributed by atoms with Crippen LogP contribution < -0.4 is 5.32 Å². The van der Waals surface area contributed by atoms with Crippen LogP contribution in [0.1, 0.15) is 28.8 Å². The van der Waals surface area contributed by atoms with Gasteiger partial charge in [-0.3, -0.25) is 0 Å². The van der Waals surface area contributed by atoms with Crippen molar-refractivity contribution in [1.29, 1.82) is 0 Å². The third-order valence-electron chi connectivity index (χ3n) is 3.60. The number of rotatable bonds is 3. The first-order valence-corrected chi connectivity index (χ1v) is 8.15. The topological polar surface area (TPSA) is 88.8 Å². The van der Waals surface area contributed by atoms with E-state index in [1.54, 1.807) is 13.8 Å². The van der Waals surface area contributed by atoms with Crippen molar-refractivity contribution in [3.63, 3.8) is 0 Å². The molecule has 22 heavy (non-hydrogen) atoms. The molecule has 1 saturated heterocycles. The second kappa shape index (κ2) is 6.99. The molecule has 0 radical (unpaired) electrons. The number of esters is 1. The standard InChI is InChI=1S/C13H20N2O5S.ClH/c1-8-7-14-5-6-15(8)21(17,18)12-10(3)20-9(2)11(12)13(16)19-4;/h8,14H,5-7H2,1-4H3;1H/t8-;/m0./s1. The average molecular weight is 353 g/mol. The van der Waals surface area contributed by atoms with Crippen molar-refractivity contribution in [3.8, 4) is 0 Å². The number of aryl methyl sites for hydroxylation is 2. The Kier molecular flexibility index (Phi) is 6.03. The Labute approximate surface area is 136 Å². The number of methoxy groups -OCH3 is 1. The van der Waals surface area contributed by atoms with Gasteiger partial charge in [0.15, 0.2) is 0 Å². The van der Waals surface area contributed by atoms with Gasteiger partial charge in [0.05, 0.1) is 7.11 Å². The molecule has 7 nitrogen and oxygen atoms in total. The Morgan fingerprint density at radius 1 is 1.36 bits per heavy atom. The number of hydrogen-bond donors (Lipinski definition) is 1. The summed E-state index contributed by atoms with van der Waals surface area (Å²) in [5, 5.41) is 3.14. The van der Waals surface area contributed by atoms with E-state index in [4.69, 9.17) is 4.42 Å². The molecule has 0 aliphatic carbocycles. The van der Waals surface area contributed by atoms with E-state index in [1.807, 2.05) is 6.92 Å². The van der Waals surface area contributed by atoms with Crippen molar-refractivity contribution in [2.75, 3.05) is 26.7 Å². The minimum atomic E-state index is -3.81. The number of sulfonamides is 1. The van der Waals surface area contributed by atoms with Gasteiger partial charge in [-0.1, -0.05) is 0 Å². The first-order chi connectivity index (χ1) is 9.80. The molecule has 0 bridgehead atoms. The van der Waals surface area contributed by atoms with E-state index in [9.17, 15) is 13.2 Å². The zero-order chi connectivity index (χ0) is 15.8. The van der Waals surface area contributed by atoms with Gasteiger partial charge < -0.3 is 14.5 Å². The highest BCUT2D eigenvalue weighted by atomic mass is 35.5. The molecular weight excluding hydrogens is 332 g/mol. The summed E-state index contributed by atoms with van der Waals surface area (Å²) in [6.07, 6.45) is 0. The fraction of sp³-hybridized carbons (Fsp3) is 0.615. The molecule has 1 aliphatic heterocycles. The number of furan rings is 1. The highest BCUT2D eigenvalue weighted by Gasteiger charge is 2.38. The number of nitrogens with one attached hydrogen (secondary N) is 1. The van der Waals surface area contributed by atoms with Gasteiger partial charge in [0.2, 0.25) is 10.0 Å². The Morgan fingerprint density at radius 2 is 2.00 bits per heavy atom. The number of nitrogens with zero attached hydrogens (tertiary/aromatic N) is 1. The molecule has 0 saturated carbocycles. The lowest BCUT2D eigenvalue weighted by Crippen LogP contribution is -2.52. The summed E-state index contributed by atoms with van der Waals surface area (Å²) in [5.74, 6) is -0.245. The molecular formula is C13H21ClN2O5S. The largest absolute Gasteiger partial charge is 0.465 e. The van der Waals surface area contributed by atoms with E-state index in [-0.39, 0.29) is 40.4 Å². The average Bonchev–Trinajstić information content (AvgIpc) is 2.73. The predicted molar refractivity (Wildman–Crippen MR) is 83.0 cm³/mol. The second-order valence-corrected chi connectivity index (χ2v) is 6.91. The van der Waals surface area contributed by atoms with Crippen LogP contribution in [0, 0.1) is 13.8 Å². The second-order valence-electron chi connectivity index (χ2n) is 5.08. The van der Waals surface area contributed by atoms with Gasteiger partial charge in [0.25, 0.3) is 0 Å². The zero-order valence-electron chi connectivity index (χ0n) is 13.0. The Bertz CT molecular complexity index is 656. The van der Waals surface area contributed by atoms with Gasteiger partial charge in [0.1, 0.15) is 22.0 Å². The van der Waals surface area contributed by atoms with Crippen molar-refractivity contribution < 1.29 is 22.4 Å². The third kappa shape index (κ3) is 3.15. The molecule has 1 N–H and O–H groups in total. The van der Waals surface area contributed by atoms with Gasteiger partial charge in [-0.2, -0.15) is 4.31 Å². The molecule has 0 aromatic carbocycles. The van der Waals surface area contributed by atoms with E-state index in [0.29, 0.717) is 19.6 Å². The molecule has 1 atom stereocenters. The molecule has 1 aromatic heterocycles. The number of hydrogen-bond acceptors (Lipinski definition) is 6. The number of ether oxygens (including phenoxy) is 1. The minimum absolute atomic E-state index is 0. The maximum atomic E-state index is 12.9. The van der Waals surface area contributed by atoms with Crippen molar-refractivity contribution >= 4 is 28.4 Å². The van der Waals surface area contributed by atoms with Crippen LogP contribution in [0.15, 0.2) is 9.31 Å². The molecule has 1 fully saturated rings. The predicted octanol–water partition coefficient (Wildman–Crippen LogP) is 1.09. The molecule has 1 aromatic rings. The quantitative estimate of drug-likeness (QED) is 0.819. The fourth-order valence-electron chi connectivity index (χ4n) is 2.61. The van der Waals surface area contributed by atoms with Gasteiger partial charge in [0, 0.05) is 25.7 Å². The van der Waals surface area contributed by atoms with Crippen LogP contribution in [0.2, 0.25) is 0 Å². The Balaban J connectivity index is 0.00000242. The molecule has 126 valence electrons. The number of carbonyl (C=O) groups is 1. The van der Waals surface area contributed by atoms with Crippen LogP contribution in [0.25, 0.3) is 0 Å². The molecule has 2 rings (SSSR count). The highest BCUT2D eigenvalue weighted by Crippen LogP contribution is 2.31. The lowest BCUT2D eigenvalue weighted by molar-refractivity contribution is 0.0594. The summed E-state index contributed by atoms with van der Waals surface area (Å²) >= 11 is 0. The van der Waals surface area contributed by atoms with E-state index in [0.717, 1.165) is 0 Å². The summed E-state index contributed by atoms with van der Waals surface area (Å²) in [6.45, 7) is 6.42. The fourth-order valence-corrected chi connectivity index (χ4v) is 4.61. The monoisotopic (exact) mass is 352 g/mol. The van der Waals surface area contributed by atoms with E-state index in [2.05, 4.69) is 10.1 Å². The molecule has 0 unspecified atom stereocenters. The molecule has 1 aliphatic rings. The van der Waals surface area contributed by atoms with Crippen LogP contribution >= 0.6 is 12.4 Å². The molecule has 0 amide bonds. The van der Waals surface area contributed by atoms with Gasteiger partial charge in [-0.15, -0.1) is 12.4 Å². The number of halogens is 1.